The quantitative estimate of drug-likeness (QED) is 0.651. The third-order valence-electron chi connectivity index (χ3n) is 3.71. The molecule has 10 heteroatoms. The molecule has 1 aromatic rings. The zero-order valence-corrected chi connectivity index (χ0v) is 18.7. The predicted molar refractivity (Wildman–Crippen MR) is 110 cm³/mol. The maximum atomic E-state index is 12.8. The predicted octanol–water partition coefficient (Wildman–Crippen LogP) is 4.03. The summed E-state index contributed by atoms with van der Waals surface area (Å²) < 4.78 is 16.2. The van der Waals surface area contributed by atoms with E-state index in [-0.39, 0.29) is 17.1 Å². The minimum atomic E-state index is -0.914. The van der Waals surface area contributed by atoms with Gasteiger partial charge < -0.3 is 19.1 Å². The van der Waals surface area contributed by atoms with Crippen LogP contribution in [0.1, 0.15) is 48.5 Å². The molecule has 1 aliphatic rings. The first-order valence-corrected chi connectivity index (χ1v) is 9.80. The van der Waals surface area contributed by atoms with Crippen LogP contribution in [0.4, 0.5) is 21.2 Å². The summed E-state index contributed by atoms with van der Waals surface area (Å²) >= 11 is 6.13. The van der Waals surface area contributed by atoms with E-state index in [0.29, 0.717) is 25.6 Å². The normalized spacial score (nSPS) is 17.7. The number of amides is 2. The highest BCUT2D eigenvalue weighted by Gasteiger charge is 2.35. The standard InChI is InChI=1S/C19H29ClN4O5/c1-12-11-27-9-8-23(12)13-10-14(22-15(20)21-13)24(16(25)28-18(2,3)4)17(26)29-19(5,6)7/h10,12H,8-9,11H2,1-7H3/t12-/m1/s1. The van der Waals surface area contributed by atoms with Gasteiger partial charge in [-0.25, -0.2) is 14.6 Å². The molecule has 0 N–H and O–H groups in total. The van der Waals surface area contributed by atoms with E-state index in [1.54, 1.807) is 41.5 Å². The third kappa shape index (κ3) is 6.71. The second-order valence-electron chi connectivity index (χ2n) is 8.77. The van der Waals surface area contributed by atoms with Crippen LogP contribution in [-0.4, -0.2) is 59.2 Å². The molecule has 1 atom stereocenters. The summed E-state index contributed by atoms with van der Waals surface area (Å²) in [5.41, 5.74) is -1.65. The van der Waals surface area contributed by atoms with E-state index in [1.807, 2.05) is 11.8 Å². The summed E-state index contributed by atoms with van der Waals surface area (Å²) in [5.74, 6) is 0.454. The highest BCUT2D eigenvalue weighted by atomic mass is 35.5. The molecule has 0 unspecified atom stereocenters. The van der Waals surface area contributed by atoms with Gasteiger partial charge >= 0.3 is 12.2 Å². The fourth-order valence-electron chi connectivity index (χ4n) is 2.60. The van der Waals surface area contributed by atoms with Crippen LogP contribution in [-0.2, 0) is 14.2 Å². The van der Waals surface area contributed by atoms with Crippen molar-refractivity contribution in [3.8, 4) is 0 Å². The van der Waals surface area contributed by atoms with E-state index in [0.717, 1.165) is 4.90 Å². The fourth-order valence-corrected chi connectivity index (χ4v) is 2.77. The van der Waals surface area contributed by atoms with Crippen LogP contribution in [0, 0.1) is 0 Å². The molecule has 0 saturated carbocycles. The SMILES string of the molecule is C[C@@H]1COCCN1c1cc(N(C(=O)OC(C)(C)C)C(=O)OC(C)(C)C)nc(Cl)n1. The molecular weight excluding hydrogens is 400 g/mol. The van der Waals surface area contributed by atoms with Crippen LogP contribution < -0.4 is 9.80 Å². The van der Waals surface area contributed by atoms with Gasteiger partial charge in [-0.2, -0.15) is 9.88 Å². The number of aromatic nitrogens is 2. The molecule has 0 aromatic carbocycles. The van der Waals surface area contributed by atoms with E-state index >= 15 is 0 Å². The summed E-state index contributed by atoms with van der Waals surface area (Å²) in [6, 6.07) is 1.56. The minimum Gasteiger partial charge on any atom is -0.443 e. The number of imide groups is 1. The number of carbonyl (C=O) groups is 2. The maximum absolute atomic E-state index is 12.8. The zero-order chi connectivity index (χ0) is 22.0. The molecule has 1 fully saturated rings. The van der Waals surface area contributed by atoms with Crippen molar-refractivity contribution in [2.75, 3.05) is 29.6 Å². The number of halogens is 1. The lowest BCUT2D eigenvalue weighted by Gasteiger charge is -2.34. The molecule has 162 valence electrons. The van der Waals surface area contributed by atoms with Gasteiger partial charge in [0.15, 0.2) is 5.82 Å². The van der Waals surface area contributed by atoms with Crippen molar-refractivity contribution in [1.29, 1.82) is 0 Å². The van der Waals surface area contributed by atoms with Crippen LogP contribution in [0.3, 0.4) is 0 Å². The number of nitrogens with zero attached hydrogens (tertiary/aromatic N) is 4. The highest BCUT2D eigenvalue weighted by molar-refractivity contribution is 6.28. The van der Waals surface area contributed by atoms with E-state index in [4.69, 9.17) is 25.8 Å². The first kappa shape index (κ1) is 23.2. The molecule has 1 aromatic heterocycles. The average molecular weight is 429 g/mol. The van der Waals surface area contributed by atoms with E-state index in [1.165, 1.54) is 6.07 Å². The van der Waals surface area contributed by atoms with Crippen molar-refractivity contribution in [2.45, 2.75) is 65.7 Å². The Morgan fingerprint density at radius 3 is 2.17 bits per heavy atom. The molecule has 0 aliphatic carbocycles. The first-order chi connectivity index (χ1) is 13.3. The van der Waals surface area contributed by atoms with Crippen LogP contribution in [0.25, 0.3) is 0 Å². The smallest absolute Gasteiger partial charge is 0.425 e. The lowest BCUT2D eigenvalue weighted by molar-refractivity contribution is 0.0429. The van der Waals surface area contributed by atoms with Gasteiger partial charge in [0.25, 0.3) is 0 Å². The van der Waals surface area contributed by atoms with Gasteiger partial charge in [0.2, 0.25) is 5.28 Å². The van der Waals surface area contributed by atoms with Crippen molar-refractivity contribution < 1.29 is 23.8 Å². The number of rotatable bonds is 2. The van der Waals surface area contributed by atoms with E-state index < -0.39 is 23.4 Å². The van der Waals surface area contributed by atoms with Crippen molar-refractivity contribution in [3.05, 3.63) is 11.3 Å². The third-order valence-corrected chi connectivity index (χ3v) is 3.88. The molecule has 0 radical (unpaired) electrons. The lowest BCUT2D eigenvalue weighted by Crippen LogP contribution is -2.45. The van der Waals surface area contributed by atoms with Crippen molar-refractivity contribution >= 4 is 35.4 Å². The Morgan fingerprint density at radius 1 is 1.14 bits per heavy atom. The molecule has 0 bridgehead atoms. The molecule has 9 nitrogen and oxygen atoms in total. The Bertz CT molecular complexity index is 732. The molecule has 2 heterocycles. The van der Waals surface area contributed by atoms with Crippen LogP contribution >= 0.6 is 11.6 Å². The lowest BCUT2D eigenvalue weighted by atomic mass is 10.2. The van der Waals surface area contributed by atoms with Crippen molar-refractivity contribution in [3.63, 3.8) is 0 Å². The number of anilines is 2. The largest absolute Gasteiger partial charge is 0.443 e. The summed E-state index contributed by atoms with van der Waals surface area (Å²) in [5, 5.41) is -0.103. The Kier molecular flexibility index (Phi) is 6.95. The summed E-state index contributed by atoms with van der Waals surface area (Å²) in [6.07, 6.45) is -1.83. The second kappa shape index (κ2) is 8.71. The van der Waals surface area contributed by atoms with Crippen LogP contribution in [0.15, 0.2) is 6.07 Å². The van der Waals surface area contributed by atoms with Crippen LogP contribution in [0.2, 0.25) is 5.28 Å². The maximum Gasteiger partial charge on any atom is 0.425 e. The Labute approximate surface area is 176 Å². The molecule has 2 amide bonds. The zero-order valence-electron chi connectivity index (χ0n) is 18.0. The highest BCUT2D eigenvalue weighted by Crippen LogP contribution is 2.27. The van der Waals surface area contributed by atoms with Gasteiger partial charge in [-0.05, 0) is 60.1 Å². The monoisotopic (exact) mass is 428 g/mol. The number of hydrogen-bond acceptors (Lipinski definition) is 8. The van der Waals surface area contributed by atoms with Crippen molar-refractivity contribution in [2.24, 2.45) is 0 Å². The average Bonchev–Trinajstić information content (AvgIpc) is 2.51. The Balaban J connectivity index is 2.46. The summed E-state index contributed by atoms with van der Waals surface area (Å²) in [4.78, 5) is 36.7. The second-order valence-corrected chi connectivity index (χ2v) is 9.10. The van der Waals surface area contributed by atoms with Gasteiger partial charge in [-0.15, -0.1) is 0 Å². The first-order valence-electron chi connectivity index (χ1n) is 9.42. The molecule has 29 heavy (non-hydrogen) atoms. The topological polar surface area (TPSA) is 94.1 Å². The van der Waals surface area contributed by atoms with Gasteiger partial charge in [0.05, 0.1) is 19.3 Å². The molecule has 2 rings (SSSR count). The molecular formula is C19H29ClN4O5. The Morgan fingerprint density at radius 2 is 1.69 bits per heavy atom. The van der Waals surface area contributed by atoms with E-state index in [9.17, 15) is 9.59 Å². The number of carbonyl (C=O) groups excluding carboxylic acids is 2. The summed E-state index contributed by atoms with van der Waals surface area (Å²) in [7, 11) is 0. The van der Waals surface area contributed by atoms with Gasteiger partial charge in [-0.3, -0.25) is 0 Å². The van der Waals surface area contributed by atoms with Gasteiger partial charge in [0, 0.05) is 12.6 Å². The minimum absolute atomic E-state index is 0.0257. The fraction of sp³-hybridized carbons (Fsp3) is 0.684. The molecule has 0 spiro atoms. The van der Waals surface area contributed by atoms with Gasteiger partial charge in [0.1, 0.15) is 17.0 Å². The van der Waals surface area contributed by atoms with Crippen LogP contribution in [0.5, 0.6) is 0 Å². The Hall–Kier alpha value is -2.13. The summed E-state index contributed by atoms with van der Waals surface area (Å²) in [6.45, 7) is 13.8. The molecule has 1 aliphatic heterocycles. The number of ether oxygens (including phenoxy) is 3. The number of morpholine rings is 1. The van der Waals surface area contributed by atoms with E-state index in [2.05, 4.69) is 9.97 Å². The molecule has 1 saturated heterocycles. The number of hydrogen-bond donors (Lipinski definition) is 0. The van der Waals surface area contributed by atoms with Gasteiger partial charge in [-0.1, -0.05) is 0 Å². The van der Waals surface area contributed by atoms with Crippen molar-refractivity contribution in [1.82, 2.24) is 9.97 Å².